The average Bonchev–Trinajstić information content (AvgIpc) is 3.31. The fourth-order valence-corrected chi connectivity index (χ4v) is 4.23. The molecule has 2 aromatic carbocycles. The Bertz CT molecular complexity index is 1060. The molecule has 0 saturated carbocycles. The number of aromatic nitrogens is 2. The molecular weight excluding hydrogens is 431 g/mol. The Labute approximate surface area is 191 Å². The van der Waals surface area contributed by atoms with E-state index in [0.29, 0.717) is 17.3 Å². The van der Waals surface area contributed by atoms with Crippen molar-refractivity contribution in [1.82, 2.24) is 20.0 Å². The van der Waals surface area contributed by atoms with E-state index in [4.69, 9.17) is 16.3 Å². The van der Waals surface area contributed by atoms with Crippen molar-refractivity contribution in [1.29, 1.82) is 0 Å². The number of aromatic amines is 1. The lowest BCUT2D eigenvalue weighted by Crippen LogP contribution is -2.58. The van der Waals surface area contributed by atoms with Crippen LogP contribution in [-0.4, -0.2) is 57.7 Å². The lowest BCUT2D eigenvalue weighted by atomic mass is 10.1. The van der Waals surface area contributed by atoms with Crippen LogP contribution in [0.3, 0.4) is 0 Å². The van der Waals surface area contributed by atoms with E-state index in [1.807, 2.05) is 30.0 Å². The van der Waals surface area contributed by atoms with Gasteiger partial charge in [-0.1, -0.05) is 23.7 Å². The standard InChI is InChI=1S/C24H26ClFN4O2/c1-16-13-30(17(2)12-29(16)14-18-3-6-20(26)7-4-18)24(31)15-32-23-8-5-19(25)11-21(23)22-9-10-27-28-22/h3-11,16-17H,12-15H2,1-2H3,(H,27,28)/t16-,17+/m1/s1. The van der Waals surface area contributed by atoms with E-state index in [9.17, 15) is 9.18 Å². The number of nitrogens with one attached hydrogen (secondary N) is 1. The monoisotopic (exact) mass is 456 g/mol. The molecule has 2 heterocycles. The normalized spacial score (nSPS) is 19.2. The highest BCUT2D eigenvalue weighted by Crippen LogP contribution is 2.31. The van der Waals surface area contributed by atoms with Gasteiger partial charge in [-0.2, -0.15) is 5.10 Å². The van der Waals surface area contributed by atoms with E-state index >= 15 is 0 Å². The summed E-state index contributed by atoms with van der Waals surface area (Å²) in [5, 5.41) is 7.45. The Hall–Kier alpha value is -2.90. The van der Waals surface area contributed by atoms with Crippen LogP contribution in [0.25, 0.3) is 11.3 Å². The van der Waals surface area contributed by atoms with Crippen LogP contribution in [0.15, 0.2) is 54.7 Å². The van der Waals surface area contributed by atoms with Gasteiger partial charge in [0, 0.05) is 48.5 Å². The van der Waals surface area contributed by atoms with E-state index in [-0.39, 0.29) is 30.4 Å². The number of hydrogen-bond donors (Lipinski definition) is 1. The summed E-state index contributed by atoms with van der Waals surface area (Å²) in [4.78, 5) is 17.2. The van der Waals surface area contributed by atoms with Gasteiger partial charge in [0.25, 0.3) is 5.91 Å². The number of piperazine rings is 1. The molecule has 0 unspecified atom stereocenters. The fourth-order valence-electron chi connectivity index (χ4n) is 4.06. The van der Waals surface area contributed by atoms with Crippen molar-refractivity contribution in [2.75, 3.05) is 19.7 Å². The number of nitrogens with zero attached hydrogens (tertiary/aromatic N) is 3. The van der Waals surface area contributed by atoms with Crippen molar-refractivity contribution in [3.05, 3.63) is 71.1 Å². The molecule has 1 amide bonds. The lowest BCUT2D eigenvalue weighted by Gasteiger charge is -2.44. The zero-order valence-corrected chi connectivity index (χ0v) is 18.8. The SMILES string of the molecule is C[C@@H]1CN(C(=O)COc2ccc(Cl)cc2-c2ccn[nH]2)[C@@H](C)CN1Cc1ccc(F)cc1. The molecule has 0 spiro atoms. The maximum atomic E-state index is 13.2. The Morgan fingerprint density at radius 3 is 2.66 bits per heavy atom. The van der Waals surface area contributed by atoms with E-state index < -0.39 is 0 Å². The number of carbonyl (C=O) groups excluding carboxylic acids is 1. The van der Waals surface area contributed by atoms with Crippen molar-refractivity contribution in [3.63, 3.8) is 0 Å². The van der Waals surface area contributed by atoms with Crippen LogP contribution < -0.4 is 4.74 Å². The number of H-pyrrole nitrogens is 1. The van der Waals surface area contributed by atoms with Gasteiger partial charge in [0.2, 0.25) is 0 Å². The first-order chi connectivity index (χ1) is 15.4. The third-order valence-electron chi connectivity index (χ3n) is 5.82. The minimum Gasteiger partial charge on any atom is -0.483 e. The second kappa shape index (κ2) is 9.71. The zero-order valence-electron chi connectivity index (χ0n) is 18.1. The summed E-state index contributed by atoms with van der Waals surface area (Å²) in [6.07, 6.45) is 1.65. The molecule has 3 aromatic rings. The van der Waals surface area contributed by atoms with Gasteiger partial charge < -0.3 is 9.64 Å². The summed E-state index contributed by atoms with van der Waals surface area (Å²) < 4.78 is 19.1. The molecule has 1 aliphatic heterocycles. The third-order valence-corrected chi connectivity index (χ3v) is 6.05. The van der Waals surface area contributed by atoms with Crippen LogP contribution in [0.4, 0.5) is 4.39 Å². The van der Waals surface area contributed by atoms with Gasteiger partial charge >= 0.3 is 0 Å². The number of carbonyl (C=O) groups is 1. The minimum absolute atomic E-state index is 0.0417. The molecule has 6 nitrogen and oxygen atoms in total. The van der Waals surface area contributed by atoms with Gasteiger partial charge in [-0.25, -0.2) is 4.39 Å². The first-order valence-electron chi connectivity index (χ1n) is 10.6. The molecule has 0 bridgehead atoms. The van der Waals surface area contributed by atoms with Gasteiger partial charge in [-0.3, -0.25) is 14.8 Å². The van der Waals surface area contributed by atoms with Crippen LogP contribution in [0.5, 0.6) is 5.75 Å². The maximum absolute atomic E-state index is 13.2. The number of ether oxygens (including phenoxy) is 1. The molecule has 1 aromatic heterocycles. The first-order valence-corrected chi connectivity index (χ1v) is 11.0. The van der Waals surface area contributed by atoms with Crippen molar-refractivity contribution < 1.29 is 13.9 Å². The molecule has 0 aliphatic carbocycles. The fraction of sp³-hybridized carbons (Fsp3) is 0.333. The number of benzene rings is 2. The summed E-state index contributed by atoms with van der Waals surface area (Å²) in [7, 11) is 0. The van der Waals surface area contributed by atoms with Crippen molar-refractivity contribution in [3.8, 4) is 17.0 Å². The predicted octanol–water partition coefficient (Wildman–Crippen LogP) is 4.37. The van der Waals surface area contributed by atoms with Crippen LogP contribution in [-0.2, 0) is 11.3 Å². The number of rotatable bonds is 6. The topological polar surface area (TPSA) is 61.5 Å². The van der Waals surface area contributed by atoms with E-state index in [1.54, 1.807) is 24.4 Å². The van der Waals surface area contributed by atoms with Crippen molar-refractivity contribution in [2.24, 2.45) is 0 Å². The molecule has 4 rings (SSSR count). The van der Waals surface area contributed by atoms with Gasteiger partial charge in [0.1, 0.15) is 11.6 Å². The van der Waals surface area contributed by atoms with Gasteiger partial charge in [-0.05, 0) is 55.8 Å². The van der Waals surface area contributed by atoms with Crippen LogP contribution >= 0.6 is 11.6 Å². The predicted molar refractivity (Wildman–Crippen MR) is 122 cm³/mol. The first kappa shape index (κ1) is 22.3. The molecule has 8 heteroatoms. The average molecular weight is 457 g/mol. The van der Waals surface area contributed by atoms with E-state index in [1.165, 1.54) is 12.1 Å². The second-order valence-electron chi connectivity index (χ2n) is 8.20. The van der Waals surface area contributed by atoms with E-state index in [0.717, 1.165) is 29.9 Å². The van der Waals surface area contributed by atoms with Gasteiger partial charge in [0.15, 0.2) is 6.61 Å². The smallest absolute Gasteiger partial charge is 0.260 e. The molecule has 1 saturated heterocycles. The molecule has 32 heavy (non-hydrogen) atoms. The van der Waals surface area contributed by atoms with Crippen molar-refractivity contribution in [2.45, 2.75) is 32.5 Å². The summed E-state index contributed by atoms with van der Waals surface area (Å²) in [6.45, 7) is 6.16. The Morgan fingerprint density at radius 1 is 1.16 bits per heavy atom. The Morgan fingerprint density at radius 2 is 1.94 bits per heavy atom. The summed E-state index contributed by atoms with van der Waals surface area (Å²) in [5.74, 6) is 0.279. The van der Waals surface area contributed by atoms with Crippen molar-refractivity contribution >= 4 is 17.5 Å². The van der Waals surface area contributed by atoms with Gasteiger partial charge in [0.05, 0.1) is 5.69 Å². The quantitative estimate of drug-likeness (QED) is 0.598. The van der Waals surface area contributed by atoms with Crippen LogP contribution in [0, 0.1) is 5.82 Å². The van der Waals surface area contributed by atoms with Gasteiger partial charge in [-0.15, -0.1) is 0 Å². The van der Waals surface area contributed by atoms with Crippen LogP contribution in [0.1, 0.15) is 19.4 Å². The Kier molecular flexibility index (Phi) is 6.77. The second-order valence-corrected chi connectivity index (χ2v) is 8.64. The lowest BCUT2D eigenvalue weighted by molar-refractivity contribution is -0.139. The minimum atomic E-state index is -0.234. The highest BCUT2D eigenvalue weighted by molar-refractivity contribution is 6.30. The summed E-state index contributed by atoms with van der Waals surface area (Å²) >= 11 is 6.14. The molecule has 2 atom stereocenters. The molecule has 1 N–H and O–H groups in total. The molecular formula is C24H26ClFN4O2. The highest BCUT2D eigenvalue weighted by atomic mass is 35.5. The number of halogens is 2. The molecule has 168 valence electrons. The summed E-state index contributed by atoms with van der Waals surface area (Å²) in [6, 6.07) is 13.9. The largest absolute Gasteiger partial charge is 0.483 e. The zero-order chi connectivity index (χ0) is 22.7. The summed E-state index contributed by atoms with van der Waals surface area (Å²) in [5.41, 5.74) is 2.59. The maximum Gasteiger partial charge on any atom is 0.260 e. The Balaban J connectivity index is 1.38. The highest BCUT2D eigenvalue weighted by Gasteiger charge is 2.32. The number of amides is 1. The van der Waals surface area contributed by atoms with Crippen LogP contribution in [0.2, 0.25) is 5.02 Å². The third kappa shape index (κ3) is 5.11. The molecule has 1 fully saturated rings. The molecule has 0 radical (unpaired) electrons. The van der Waals surface area contributed by atoms with E-state index in [2.05, 4.69) is 22.0 Å². The molecule has 1 aliphatic rings. The number of hydrogen-bond acceptors (Lipinski definition) is 4.